The maximum absolute atomic E-state index is 11.8. The summed E-state index contributed by atoms with van der Waals surface area (Å²) in [5, 5.41) is 11.4. The smallest absolute Gasteiger partial charge is 0.407 e. The summed E-state index contributed by atoms with van der Waals surface area (Å²) in [6.07, 6.45) is 0.369. The Morgan fingerprint density at radius 1 is 1.43 bits per heavy atom. The van der Waals surface area contributed by atoms with E-state index in [0.29, 0.717) is 25.6 Å². The van der Waals surface area contributed by atoms with Crippen molar-refractivity contribution in [1.82, 2.24) is 10.2 Å². The zero-order valence-electron chi connectivity index (χ0n) is 13.3. The quantitative estimate of drug-likeness (QED) is 0.862. The predicted octanol–water partition coefficient (Wildman–Crippen LogP) is 1.91. The van der Waals surface area contributed by atoms with E-state index in [-0.39, 0.29) is 18.2 Å². The molecule has 1 aliphatic rings. The molecule has 1 aliphatic heterocycles. The van der Waals surface area contributed by atoms with Crippen LogP contribution in [0.4, 0.5) is 4.79 Å². The molecule has 21 heavy (non-hydrogen) atoms. The van der Waals surface area contributed by atoms with Gasteiger partial charge < -0.3 is 15.0 Å². The van der Waals surface area contributed by atoms with Crippen molar-refractivity contribution in [2.75, 3.05) is 19.6 Å². The van der Waals surface area contributed by atoms with E-state index >= 15 is 0 Å². The van der Waals surface area contributed by atoms with Gasteiger partial charge >= 0.3 is 6.09 Å². The van der Waals surface area contributed by atoms with E-state index in [1.54, 1.807) is 4.90 Å². The van der Waals surface area contributed by atoms with Crippen molar-refractivity contribution in [3.8, 4) is 6.07 Å². The fourth-order valence-corrected chi connectivity index (χ4v) is 2.35. The van der Waals surface area contributed by atoms with Gasteiger partial charge in [0.2, 0.25) is 5.91 Å². The SMILES string of the molecule is C[C@@H]1CCN(C(=O)CC#N)C[C@@H]1CNC(=O)OC(C)(C)C. The lowest BCUT2D eigenvalue weighted by Crippen LogP contribution is -2.47. The first-order valence-electron chi connectivity index (χ1n) is 7.34. The highest BCUT2D eigenvalue weighted by Gasteiger charge is 2.29. The molecule has 0 aliphatic carbocycles. The molecule has 2 atom stereocenters. The number of hydrogen-bond donors (Lipinski definition) is 1. The molecule has 0 saturated carbocycles. The van der Waals surface area contributed by atoms with Crippen molar-refractivity contribution >= 4 is 12.0 Å². The average molecular weight is 295 g/mol. The van der Waals surface area contributed by atoms with Gasteiger partial charge in [0.25, 0.3) is 0 Å². The van der Waals surface area contributed by atoms with Gasteiger partial charge in [-0.25, -0.2) is 4.79 Å². The third kappa shape index (κ3) is 6.03. The molecule has 6 nitrogen and oxygen atoms in total. The molecule has 1 rings (SSSR count). The third-order valence-electron chi connectivity index (χ3n) is 3.60. The van der Waals surface area contributed by atoms with Gasteiger partial charge in [0, 0.05) is 19.6 Å². The summed E-state index contributed by atoms with van der Waals surface area (Å²) in [5.74, 6) is 0.478. The first-order valence-corrected chi connectivity index (χ1v) is 7.34. The fraction of sp³-hybridized carbons (Fsp3) is 0.800. The number of likely N-dealkylation sites (tertiary alicyclic amines) is 1. The molecule has 6 heteroatoms. The number of rotatable bonds is 3. The van der Waals surface area contributed by atoms with Crippen molar-refractivity contribution in [3.05, 3.63) is 0 Å². The van der Waals surface area contributed by atoms with Crippen LogP contribution in [0.5, 0.6) is 0 Å². The number of amides is 2. The Labute approximate surface area is 126 Å². The van der Waals surface area contributed by atoms with Crippen LogP contribution in [0, 0.1) is 23.2 Å². The van der Waals surface area contributed by atoms with Crippen LogP contribution in [0.15, 0.2) is 0 Å². The second kappa shape index (κ2) is 7.30. The number of hydrogen-bond acceptors (Lipinski definition) is 4. The molecule has 1 heterocycles. The zero-order valence-corrected chi connectivity index (χ0v) is 13.3. The molecular weight excluding hydrogens is 270 g/mol. The number of nitrogens with zero attached hydrogens (tertiary/aromatic N) is 2. The predicted molar refractivity (Wildman–Crippen MR) is 78.3 cm³/mol. The lowest BCUT2D eigenvalue weighted by molar-refractivity contribution is -0.132. The fourth-order valence-electron chi connectivity index (χ4n) is 2.35. The Morgan fingerprint density at radius 2 is 2.10 bits per heavy atom. The number of alkyl carbamates (subject to hydrolysis) is 1. The monoisotopic (exact) mass is 295 g/mol. The number of carbonyl (C=O) groups is 2. The highest BCUT2D eigenvalue weighted by Crippen LogP contribution is 2.23. The summed E-state index contributed by atoms with van der Waals surface area (Å²) in [6.45, 7) is 9.32. The molecule has 1 fully saturated rings. The molecule has 0 aromatic carbocycles. The summed E-state index contributed by atoms with van der Waals surface area (Å²) < 4.78 is 5.20. The second-order valence-electron chi connectivity index (χ2n) is 6.58. The normalized spacial score (nSPS) is 22.3. The van der Waals surface area contributed by atoms with Gasteiger partial charge in [-0.3, -0.25) is 4.79 Å². The summed E-state index contributed by atoms with van der Waals surface area (Å²) in [6, 6.07) is 1.89. The van der Waals surface area contributed by atoms with Gasteiger partial charge in [0.05, 0.1) is 6.07 Å². The minimum Gasteiger partial charge on any atom is -0.444 e. The molecule has 0 bridgehead atoms. The van der Waals surface area contributed by atoms with Crippen LogP contribution < -0.4 is 5.32 Å². The van der Waals surface area contributed by atoms with Crippen LogP contribution in [0.1, 0.15) is 40.5 Å². The minimum atomic E-state index is -0.517. The Hall–Kier alpha value is -1.77. The van der Waals surface area contributed by atoms with E-state index in [0.717, 1.165) is 6.42 Å². The highest BCUT2D eigenvalue weighted by atomic mass is 16.6. The number of ether oxygens (including phenoxy) is 1. The van der Waals surface area contributed by atoms with Crippen molar-refractivity contribution in [1.29, 1.82) is 5.26 Å². The number of carbonyl (C=O) groups excluding carboxylic acids is 2. The largest absolute Gasteiger partial charge is 0.444 e. The molecule has 2 amide bonds. The van der Waals surface area contributed by atoms with Gasteiger partial charge in [0.1, 0.15) is 12.0 Å². The van der Waals surface area contributed by atoms with Gasteiger partial charge in [-0.1, -0.05) is 6.92 Å². The summed E-state index contributed by atoms with van der Waals surface area (Å²) in [5.41, 5.74) is -0.517. The zero-order chi connectivity index (χ0) is 16.0. The first-order chi connectivity index (χ1) is 9.73. The summed E-state index contributed by atoms with van der Waals surface area (Å²) in [4.78, 5) is 25.1. The van der Waals surface area contributed by atoms with Gasteiger partial charge in [-0.05, 0) is 39.0 Å². The molecule has 1 saturated heterocycles. The summed E-state index contributed by atoms with van der Waals surface area (Å²) in [7, 11) is 0. The van der Waals surface area contributed by atoms with E-state index in [4.69, 9.17) is 10.00 Å². The topological polar surface area (TPSA) is 82.4 Å². The Bertz CT molecular complexity index is 423. The molecule has 0 aromatic rings. The lowest BCUT2D eigenvalue weighted by atomic mass is 9.87. The van der Waals surface area contributed by atoms with E-state index in [2.05, 4.69) is 12.2 Å². The molecule has 118 valence electrons. The molecule has 0 radical (unpaired) electrons. The van der Waals surface area contributed by atoms with Crippen molar-refractivity contribution in [3.63, 3.8) is 0 Å². The Kier molecular flexibility index (Phi) is 6.01. The first kappa shape index (κ1) is 17.3. The molecule has 0 spiro atoms. The van der Waals surface area contributed by atoms with Crippen LogP contribution in [0.3, 0.4) is 0 Å². The van der Waals surface area contributed by atoms with Crippen molar-refractivity contribution in [2.24, 2.45) is 11.8 Å². The van der Waals surface area contributed by atoms with E-state index in [1.165, 1.54) is 0 Å². The second-order valence-corrected chi connectivity index (χ2v) is 6.58. The van der Waals surface area contributed by atoms with Crippen LogP contribution in [0.2, 0.25) is 0 Å². The summed E-state index contributed by atoms with van der Waals surface area (Å²) >= 11 is 0. The molecule has 1 N–H and O–H groups in total. The third-order valence-corrected chi connectivity index (χ3v) is 3.60. The molecule has 0 unspecified atom stereocenters. The lowest BCUT2D eigenvalue weighted by Gasteiger charge is -2.37. The standard InChI is InChI=1S/C15H25N3O3/c1-11-6-8-18(13(19)5-7-16)10-12(11)9-17-14(20)21-15(2,3)4/h11-12H,5-6,8-10H2,1-4H3,(H,17,20)/t11-,12+/m1/s1. The molecular formula is C15H25N3O3. The number of nitriles is 1. The number of nitrogens with one attached hydrogen (secondary N) is 1. The van der Waals surface area contributed by atoms with E-state index in [9.17, 15) is 9.59 Å². The average Bonchev–Trinajstić information content (AvgIpc) is 2.36. The van der Waals surface area contributed by atoms with Gasteiger partial charge in [-0.15, -0.1) is 0 Å². The van der Waals surface area contributed by atoms with Gasteiger partial charge in [0.15, 0.2) is 0 Å². The van der Waals surface area contributed by atoms with Crippen LogP contribution >= 0.6 is 0 Å². The van der Waals surface area contributed by atoms with Crippen molar-refractivity contribution in [2.45, 2.75) is 46.1 Å². The van der Waals surface area contributed by atoms with Crippen LogP contribution in [-0.2, 0) is 9.53 Å². The molecule has 0 aromatic heterocycles. The van der Waals surface area contributed by atoms with E-state index < -0.39 is 11.7 Å². The maximum Gasteiger partial charge on any atom is 0.407 e. The van der Waals surface area contributed by atoms with Crippen LogP contribution in [0.25, 0.3) is 0 Å². The van der Waals surface area contributed by atoms with Crippen molar-refractivity contribution < 1.29 is 14.3 Å². The minimum absolute atomic E-state index is 0.0827. The highest BCUT2D eigenvalue weighted by molar-refractivity contribution is 5.78. The number of piperidine rings is 1. The maximum atomic E-state index is 11.8. The Balaban J connectivity index is 2.47. The van der Waals surface area contributed by atoms with Gasteiger partial charge in [-0.2, -0.15) is 5.26 Å². The van der Waals surface area contributed by atoms with E-state index in [1.807, 2.05) is 26.8 Å². The Morgan fingerprint density at radius 3 is 2.67 bits per heavy atom. The van der Waals surface area contributed by atoms with Crippen LogP contribution in [-0.4, -0.2) is 42.1 Å².